The summed E-state index contributed by atoms with van der Waals surface area (Å²) in [5, 5.41) is 2.67. The van der Waals surface area contributed by atoms with Gasteiger partial charge in [0.1, 0.15) is 16.7 Å². The van der Waals surface area contributed by atoms with Gasteiger partial charge in [-0.3, -0.25) is 9.52 Å². The number of carbonyl (C=O) groups excluding carboxylic acids is 1. The van der Waals surface area contributed by atoms with Crippen LogP contribution in [0.4, 0.5) is 11.4 Å². The van der Waals surface area contributed by atoms with Gasteiger partial charge in [-0.15, -0.1) is 0 Å². The molecule has 2 aromatic carbocycles. The first kappa shape index (κ1) is 22.2. The number of anilines is 2. The van der Waals surface area contributed by atoms with Crippen LogP contribution >= 0.6 is 15.9 Å². The van der Waals surface area contributed by atoms with Gasteiger partial charge < -0.3 is 14.8 Å². The lowest BCUT2D eigenvalue weighted by Crippen LogP contribution is -2.28. The molecule has 2 N–H and O–H groups in total. The number of carbonyl (C=O) groups is 1. The van der Waals surface area contributed by atoms with Crippen molar-refractivity contribution in [3.63, 3.8) is 0 Å². The van der Waals surface area contributed by atoms with Crippen molar-refractivity contribution in [2.75, 3.05) is 24.3 Å². The van der Waals surface area contributed by atoms with Gasteiger partial charge >= 0.3 is 0 Å². The van der Waals surface area contributed by atoms with Crippen molar-refractivity contribution < 1.29 is 22.7 Å². The molecule has 9 heteroatoms. The highest BCUT2D eigenvalue weighted by Gasteiger charge is 2.23. The largest absolute Gasteiger partial charge is 0.495 e. The Morgan fingerprint density at radius 1 is 1.18 bits per heavy atom. The summed E-state index contributed by atoms with van der Waals surface area (Å²) in [5.41, 5.74) is 1.63. The molecule has 2 aromatic rings. The van der Waals surface area contributed by atoms with E-state index in [9.17, 15) is 13.2 Å². The number of methoxy groups -OCH3 is 2. The normalized spacial score (nSPS) is 12.3. The molecule has 152 valence electrons. The van der Waals surface area contributed by atoms with Crippen LogP contribution in [0.1, 0.15) is 18.9 Å². The number of amides is 1. The van der Waals surface area contributed by atoms with Crippen molar-refractivity contribution in [1.29, 1.82) is 0 Å². The van der Waals surface area contributed by atoms with Crippen LogP contribution in [0.5, 0.6) is 5.75 Å². The molecule has 0 aliphatic rings. The van der Waals surface area contributed by atoms with Gasteiger partial charge in [-0.05, 0) is 65.2 Å². The van der Waals surface area contributed by atoms with E-state index in [1.807, 2.05) is 19.9 Å². The predicted octanol–water partition coefficient (Wildman–Crippen LogP) is 3.93. The molecule has 0 aromatic heterocycles. The third kappa shape index (κ3) is 5.24. The number of hydrogen-bond acceptors (Lipinski definition) is 5. The number of aryl methyl sites for hydroxylation is 1. The van der Waals surface area contributed by atoms with Gasteiger partial charge in [0.2, 0.25) is 0 Å². The Hall–Kier alpha value is -2.10. The molecule has 1 atom stereocenters. The second-order valence-electron chi connectivity index (χ2n) is 6.08. The molecule has 2 rings (SSSR count). The van der Waals surface area contributed by atoms with Crippen LogP contribution in [0.3, 0.4) is 0 Å². The zero-order valence-electron chi connectivity index (χ0n) is 16.1. The van der Waals surface area contributed by atoms with Crippen LogP contribution in [0, 0.1) is 6.92 Å². The average Bonchev–Trinajstić information content (AvgIpc) is 2.65. The highest BCUT2D eigenvalue weighted by atomic mass is 79.9. The summed E-state index contributed by atoms with van der Waals surface area (Å²) < 4.78 is 39.4. The second kappa shape index (κ2) is 9.40. The molecule has 0 spiro atoms. The van der Waals surface area contributed by atoms with Gasteiger partial charge in [0.25, 0.3) is 15.9 Å². The standard InChI is InChI=1S/C19H23BrN2O5S/c1-5-16(26-3)19(23)21-13-7-9-17(27-4)18(11-13)28(24,25)22-15-10-12(2)6-8-14(15)20/h6-11,16,22H,5H2,1-4H3,(H,21,23). The smallest absolute Gasteiger partial charge is 0.265 e. The Kier molecular flexibility index (Phi) is 7.45. The van der Waals surface area contributed by atoms with E-state index in [0.717, 1.165) is 5.56 Å². The van der Waals surface area contributed by atoms with Crippen LogP contribution in [0.2, 0.25) is 0 Å². The second-order valence-corrected chi connectivity index (χ2v) is 8.58. The van der Waals surface area contributed by atoms with E-state index in [2.05, 4.69) is 26.0 Å². The first-order chi connectivity index (χ1) is 13.2. The molecule has 0 heterocycles. The molecule has 0 bridgehead atoms. The Balaban J connectivity index is 2.39. The minimum Gasteiger partial charge on any atom is -0.495 e. The third-order valence-corrected chi connectivity index (χ3v) is 6.11. The molecule has 0 radical (unpaired) electrons. The number of benzene rings is 2. The number of nitrogens with one attached hydrogen (secondary N) is 2. The summed E-state index contributed by atoms with van der Waals surface area (Å²) in [4.78, 5) is 12.1. The maximum atomic E-state index is 13.0. The van der Waals surface area contributed by atoms with E-state index < -0.39 is 16.1 Å². The van der Waals surface area contributed by atoms with Crippen LogP contribution in [0.15, 0.2) is 45.8 Å². The molecule has 7 nitrogen and oxygen atoms in total. The number of rotatable bonds is 8. The third-order valence-electron chi connectivity index (χ3n) is 4.03. The maximum absolute atomic E-state index is 13.0. The lowest BCUT2D eigenvalue weighted by atomic mass is 10.2. The van der Waals surface area contributed by atoms with Gasteiger partial charge in [-0.2, -0.15) is 0 Å². The molecule has 1 amide bonds. The Bertz CT molecular complexity index is 959. The van der Waals surface area contributed by atoms with Crippen LogP contribution in [-0.2, 0) is 19.6 Å². The molecule has 0 saturated carbocycles. The Labute approximate surface area is 173 Å². The van der Waals surface area contributed by atoms with Crippen molar-refractivity contribution in [3.8, 4) is 5.75 Å². The van der Waals surface area contributed by atoms with Gasteiger partial charge in [0.15, 0.2) is 0 Å². The van der Waals surface area contributed by atoms with Crippen LogP contribution in [-0.4, -0.2) is 34.6 Å². The van der Waals surface area contributed by atoms with E-state index in [1.165, 1.54) is 26.4 Å². The zero-order valence-corrected chi connectivity index (χ0v) is 18.5. The number of ether oxygens (including phenoxy) is 2. The summed E-state index contributed by atoms with van der Waals surface area (Å²) in [6.07, 6.45) is -0.129. The first-order valence-corrected chi connectivity index (χ1v) is 10.8. The van der Waals surface area contributed by atoms with Gasteiger partial charge in [-0.25, -0.2) is 8.42 Å². The molecule has 0 fully saturated rings. The molecule has 0 saturated heterocycles. The van der Waals surface area contributed by atoms with Crippen LogP contribution in [0.25, 0.3) is 0 Å². The molecular formula is C19H23BrN2O5S. The van der Waals surface area contributed by atoms with E-state index in [-0.39, 0.29) is 16.6 Å². The SMILES string of the molecule is CCC(OC)C(=O)Nc1ccc(OC)c(S(=O)(=O)Nc2cc(C)ccc2Br)c1. The summed E-state index contributed by atoms with van der Waals surface area (Å²) >= 11 is 3.34. The predicted molar refractivity (Wildman–Crippen MR) is 112 cm³/mol. The van der Waals surface area contributed by atoms with E-state index in [4.69, 9.17) is 9.47 Å². The fourth-order valence-electron chi connectivity index (χ4n) is 2.56. The average molecular weight is 471 g/mol. The van der Waals surface area contributed by atoms with Gasteiger partial charge in [0, 0.05) is 17.3 Å². The maximum Gasteiger partial charge on any atom is 0.265 e. The van der Waals surface area contributed by atoms with E-state index in [1.54, 1.807) is 18.2 Å². The molecule has 0 aliphatic carbocycles. The first-order valence-electron chi connectivity index (χ1n) is 8.52. The fourth-order valence-corrected chi connectivity index (χ4v) is 4.31. The zero-order chi connectivity index (χ0) is 20.9. The highest BCUT2D eigenvalue weighted by Crippen LogP contribution is 2.31. The Morgan fingerprint density at radius 3 is 2.50 bits per heavy atom. The van der Waals surface area contributed by atoms with Crippen molar-refractivity contribution in [3.05, 3.63) is 46.4 Å². The summed E-state index contributed by atoms with van der Waals surface area (Å²) in [7, 11) is -1.14. The van der Waals surface area contributed by atoms with Gasteiger partial charge in [-0.1, -0.05) is 13.0 Å². The monoisotopic (exact) mass is 470 g/mol. The molecular weight excluding hydrogens is 448 g/mol. The summed E-state index contributed by atoms with van der Waals surface area (Å²) in [6, 6.07) is 9.74. The lowest BCUT2D eigenvalue weighted by Gasteiger charge is -2.16. The molecule has 1 unspecified atom stereocenters. The van der Waals surface area contributed by atoms with Crippen molar-refractivity contribution in [2.24, 2.45) is 0 Å². The number of halogens is 1. The van der Waals surface area contributed by atoms with E-state index in [0.29, 0.717) is 22.3 Å². The molecule has 28 heavy (non-hydrogen) atoms. The van der Waals surface area contributed by atoms with Crippen molar-refractivity contribution in [2.45, 2.75) is 31.3 Å². The number of hydrogen-bond donors (Lipinski definition) is 2. The number of sulfonamides is 1. The molecule has 0 aliphatic heterocycles. The lowest BCUT2D eigenvalue weighted by molar-refractivity contribution is -0.125. The Morgan fingerprint density at radius 2 is 1.89 bits per heavy atom. The quantitative estimate of drug-likeness (QED) is 0.609. The highest BCUT2D eigenvalue weighted by molar-refractivity contribution is 9.10. The minimum absolute atomic E-state index is 0.0910. The van der Waals surface area contributed by atoms with Gasteiger partial charge in [0.05, 0.1) is 12.8 Å². The van der Waals surface area contributed by atoms with Crippen molar-refractivity contribution in [1.82, 2.24) is 0 Å². The summed E-state index contributed by atoms with van der Waals surface area (Å²) in [5.74, 6) is -0.194. The van der Waals surface area contributed by atoms with Crippen LogP contribution < -0.4 is 14.8 Å². The van der Waals surface area contributed by atoms with Crippen molar-refractivity contribution >= 4 is 43.2 Å². The fraction of sp³-hybridized carbons (Fsp3) is 0.316. The summed E-state index contributed by atoms with van der Waals surface area (Å²) in [6.45, 7) is 3.68. The minimum atomic E-state index is -3.97. The van der Waals surface area contributed by atoms with E-state index >= 15 is 0 Å². The topological polar surface area (TPSA) is 93.7 Å².